The van der Waals surface area contributed by atoms with E-state index in [2.05, 4.69) is 18.8 Å². The van der Waals surface area contributed by atoms with Crippen LogP contribution in [-0.2, 0) is 51.7 Å². The first-order chi connectivity index (χ1) is 9.60. The number of rotatable bonds is 5. The molecule has 1 N–H and O–H groups in total. The van der Waals surface area contributed by atoms with E-state index in [4.69, 9.17) is 14.2 Å². The largest absolute Gasteiger partial charge is 0.382 e. The van der Waals surface area contributed by atoms with Crippen LogP contribution in [0.5, 0.6) is 0 Å². The summed E-state index contributed by atoms with van der Waals surface area (Å²) in [5.74, 6) is 0.348. The van der Waals surface area contributed by atoms with Crippen molar-refractivity contribution in [2.75, 3.05) is 20.8 Å². The van der Waals surface area contributed by atoms with E-state index in [-0.39, 0.29) is 64.5 Å². The van der Waals surface area contributed by atoms with E-state index in [9.17, 15) is 4.79 Å². The number of hydrogen-bond donors (Lipinski definition) is 1. The van der Waals surface area contributed by atoms with Crippen LogP contribution < -0.4 is 5.32 Å². The van der Waals surface area contributed by atoms with Crippen LogP contribution in [0.4, 0.5) is 0 Å². The molecule has 0 aromatic heterocycles. The molecule has 3 atom stereocenters. The molecule has 0 aromatic rings. The van der Waals surface area contributed by atoms with Gasteiger partial charge in [-0.05, 0) is 0 Å². The van der Waals surface area contributed by atoms with Crippen molar-refractivity contribution in [3.05, 3.63) is 38.5 Å². The average Bonchev–Trinajstić information content (AvgIpc) is 2.82. The van der Waals surface area contributed by atoms with Crippen molar-refractivity contribution < 1.29 is 51.7 Å². The smallest absolute Gasteiger partial charge is 0.251 e. The molecule has 0 aliphatic carbocycles. The molecule has 1 radical (unpaired) electrons. The van der Waals surface area contributed by atoms with Gasteiger partial charge in [-0.2, -0.15) is 0 Å². The Morgan fingerprint density at radius 1 is 1.55 bits per heavy atom. The maximum absolute atomic E-state index is 11.7. The summed E-state index contributed by atoms with van der Waals surface area (Å²) in [7, 11) is 3.29. The number of nitrogens with one attached hydrogen (secondary N) is 1. The van der Waals surface area contributed by atoms with Gasteiger partial charge in [-0.3, -0.25) is 4.79 Å². The SMILES string of the molecule is C=C1NC(=O)C(C[CH2-])=CN1[C@H]1CC(OC)[C@@H](COC)O1.[CH3-].[Y]. The fourth-order valence-corrected chi connectivity index (χ4v) is 2.45. The third-order valence-corrected chi connectivity index (χ3v) is 3.55. The van der Waals surface area contributed by atoms with Crippen LogP contribution in [-0.4, -0.2) is 50.1 Å². The minimum atomic E-state index is -0.227. The fourth-order valence-electron chi connectivity index (χ4n) is 2.45. The van der Waals surface area contributed by atoms with Crippen molar-refractivity contribution >= 4 is 5.91 Å². The third-order valence-electron chi connectivity index (χ3n) is 3.55. The number of methoxy groups -OCH3 is 2. The monoisotopic (exact) mass is 385 g/mol. The van der Waals surface area contributed by atoms with Gasteiger partial charge in [-0.25, -0.2) is 0 Å². The summed E-state index contributed by atoms with van der Waals surface area (Å²) in [4.78, 5) is 13.5. The summed E-state index contributed by atoms with van der Waals surface area (Å²) in [6.45, 7) is 8.07. The molecule has 7 heteroatoms. The van der Waals surface area contributed by atoms with Gasteiger partial charge in [0.15, 0.2) is 0 Å². The Kier molecular flexibility index (Phi) is 9.66. The number of hydrogen-bond acceptors (Lipinski definition) is 5. The zero-order valence-corrected chi connectivity index (χ0v) is 16.3. The number of nitrogens with zero attached hydrogens (tertiary/aromatic N) is 1. The molecule has 6 nitrogen and oxygen atoms in total. The molecular weight excluding hydrogens is 361 g/mol. The molecule has 2 aliphatic heterocycles. The Balaban J connectivity index is 0.00000220. The van der Waals surface area contributed by atoms with Crippen molar-refractivity contribution in [3.8, 4) is 0 Å². The van der Waals surface area contributed by atoms with Gasteiger partial charge in [0.2, 0.25) is 0 Å². The van der Waals surface area contributed by atoms with E-state index < -0.39 is 0 Å². The summed E-state index contributed by atoms with van der Waals surface area (Å²) >= 11 is 0. The first kappa shape index (κ1) is 21.7. The molecule has 1 amide bonds. The predicted octanol–water partition coefficient (Wildman–Crippen LogP) is 1.22. The Morgan fingerprint density at radius 2 is 2.23 bits per heavy atom. The number of carbonyl (C=O) groups is 1. The van der Waals surface area contributed by atoms with Gasteiger partial charge in [-0.15, -0.1) is 6.42 Å². The van der Waals surface area contributed by atoms with E-state index in [1.807, 2.05) is 4.90 Å². The Bertz CT molecular complexity index is 428. The van der Waals surface area contributed by atoms with E-state index >= 15 is 0 Å². The Hall–Kier alpha value is -0.266. The van der Waals surface area contributed by atoms with Crippen molar-refractivity contribution in [2.24, 2.45) is 0 Å². The first-order valence-corrected chi connectivity index (χ1v) is 6.56. The van der Waals surface area contributed by atoms with Crippen LogP contribution >= 0.6 is 0 Å². The molecule has 2 aliphatic rings. The molecule has 123 valence electrons. The zero-order valence-electron chi connectivity index (χ0n) is 13.5. The summed E-state index contributed by atoms with van der Waals surface area (Å²) in [5.41, 5.74) is 0.602. The van der Waals surface area contributed by atoms with Gasteiger partial charge in [0.05, 0.1) is 12.7 Å². The standard InChI is InChI=1S/C14H21N2O4.CH3.Y/c1-5-10-7-16(9(2)15-14(10)17)13-6-11(19-4)12(20-13)8-18-3;;/h7,11-13H,1-2,5-6,8H2,3-4H3,(H,15,17);1H3;/q2*-1;/t11?,12-,13-;;/m1../s1. The molecule has 0 bridgehead atoms. The van der Waals surface area contributed by atoms with E-state index in [1.54, 1.807) is 20.4 Å². The second-order valence-electron chi connectivity index (χ2n) is 4.81. The molecule has 1 saturated heterocycles. The maximum Gasteiger partial charge on any atom is 0.251 e. The van der Waals surface area contributed by atoms with Gasteiger partial charge < -0.3 is 38.8 Å². The third kappa shape index (κ3) is 4.62. The molecule has 2 rings (SSSR count). The minimum Gasteiger partial charge on any atom is -0.382 e. The second kappa shape index (κ2) is 9.78. The molecular formula is C15H24N2O4Y-2. The number of amides is 1. The van der Waals surface area contributed by atoms with Gasteiger partial charge in [0.1, 0.15) is 18.2 Å². The van der Waals surface area contributed by atoms with Crippen LogP contribution in [0.2, 0.25) is 0 Å². The quantitative estimate of drug-likeness (QED) is 0.722. The van der Waals surface area contributed by atoms with Crippen LogP contribution in [0, 0.1) is 14.4 Å². The topological polar surface area (TPSA) is 60.0 Å². The average molecular weight is 385 g/mol. The maximum atomic E-state index is 11.7. The zero-order chi connectivity index (χ0) is 14.7. The van der Waals surface area contributed by atoms with Gasteiger partial charge in [0, 0.05) is 65.1 Å². The Morgan fingerprint density at radius 3 is 2.77 bits per heavy atom. The number of ether oxygens (including phenoxy) is 3. The van der Waals surface area contributed by atoms with Gasteiger partial charge in [-0.1, -0.05) is 6.58 Å². The second-order valence-corrected chi connectivity index (χ2v) is 4.81. The summed E-state index contributed by atoms with van der Waals surface area (Å²) in [6.07, 6.45) is 2.45. The molecule has 0 aromatic carbocycles. The normalized spacial score (nSPS) is 27.7. The van der Waals surface area contributed by atoms with E-state index in [1.165, 1.54) is 0 Å². The van der Waals surface area contributed by atoms with Crippen LogP contribution in [0.1, 0.15) is 12.8 Å². The van der Waals surface area contributed by atoms with E-state index in [0.717, 1.165) is 0 Å². The molecule has 22 heavy (non-hydrogen) atoms. The van der Waals surface area contributed by atoms with Gasteiger partial charge >= 0.3 is 0 Å². The molecule has 1 fully saturated rings. The van der Waals surface area contributed by atoms with E-state index in [0.29, 0.717) is 30.8 Å². The molecule has 0 saturated carbocycles. The molecule has 2 heterocycles. The van der Waals surface area contributed by atoms with Gasteiger partial charge in [0.25, 0.3) is 5.91 Å². The summed E-state index contributed by atoms with van der Waals surface area (Å²) in [5, 5.41) is 2.72. The summed E-state index contributed by atoms with van der Waals surface area (Å²) < 4.78 is 16.5. The summed E-state index contributed by atoms with van der Waals surface area (Å²) in [6, 6.07) is 0. The van der Waals surface area contributed by atoms with Crippen LogP contribution in [0.25, 0.3) is 0 Å². The predicted molar refractivity (Wildman–Crippen MR) is 79.5 cm³/mol. The van der Waals surface area contributed by atoms with Crippen molar-refractivity contribution in [1.29, 1.82) is 0 Å². The minimum absolute atomic E-state index is 0. The Labute approximate surface area is 158 Å². The van der Waals surface area contributed by atoms with Crippen molar-refractivity contribution in [2.45, 2.75) is 31.3 Å². The first-order valence-electron chi connectivity index (χ1n) is 6.56. The molecule has 1 unspecified atom stereocenters. The fraction of sp³-hybridized carbons (Fsp3) is 0.533. The van der Waals surface area contributed by atoms with Crippen molar-refractivity contribution in [3.63, 3.8) is 0 Å². The van der Waals surface area contributed by atoms with Crippen LogP contribution in [0.3, 0.4) is 0 Å². The number of carbonyl (C=O) groups excluding carboxylic acids is 1. The van der Waals surface area contributed by atoms with Crippen molar-refractivity contribution in [1.82, 2.24) is 10.2 Å². The van der Waals surface area contributed by atoms with Crippen LogP contribution in [0.15, 0.2) is 24.2 Å². The molecule has 0 spiro atoms.